The molecule has 6 nitrogen and oxygen atoms in total. The maximum absolute atomic E-state index is 12.6. The van der Waals surface area contributed by atoms with Gasteiger partial charge in [0.15, 0.2) is 6.10 Å². The van der Waals surface area contributed by atoms with Crippen molar-refractivity contribution in [1.29, 1.82) is 0 Å². The standard InChI is InChI=1S/C22H26N2O4/c1-3-4-10-21(25)23-17-11-12-19-20(15-17)28-16(2)22(26)24(19)13-14-27-18-8-6-5-7-9-18/h5-9,11-12,15-16H,3-4,10,13-14H2,1-2H3,(H,23,25). The van der Waals surface area contributed by atoms with Crippen LogP contribution in [-0.4, -0.2) is 31.1 Å². The number of hydrogen-bond acceptors (Lipinski definition) is 4. The molecule has 1 aliphatic rings. The zero-order chi connectivity index (χ0) is 19.9. The minimum Gasteiger partial charge on any atom is -0.492 e. The van der Waals surface area contributed by atoms with Crippen LogP contribution in [0, 0.1) is 0 Å². The van der Waals surface area contributed by atoms with Crippen LogP contribution < -0.4 is 19.7 Å². The molecule has 2 aromatic carbocycles. The summed E-state index contributed by atoms with van der Waals surface area (Å²) in [4.78, 5) is 26.2. The minimum absolute atomic E-state index is 0.0187. The number of carbonyl (C=O) groups excluding carboxylic acids is 2. The maximum atomic E-state index is 12.6. The van der Waals surface area contributed by atoms with E-state index >= 15 is 0 Å². The lowest BCUT2D eigenvalue weighted by molar-refractivity contribution is -0.125. The normalized spacial score (nSPS) is 15.6. The SMILES string of the molecule is CCCCC(=O)Nc1ccc2c(c1)OC(C)C(=O)N2CCOc1ccccc1. The van der Waals surface area contributed by atoms with E-state index in [4.69, 9.17) is 9.47 Å². The summed E-state index contributed by atoms with van der Waals surface area (Å²) in [6.45, 7) is 4.56. The number of nitrogens with one attached hydrogen (secondary N) is 1. The molecule has 28 heavy (non-hydrogen) atoms. The van der Waals surface area contributed by atoms with Gasteiger partial charge < -0.3 is 19.7 Å². The number of hydrogen-bond donors (Lipinski definition) is 1. The number of rotatable bonds is 8. The molecule has 0 radical (unpaired) electrons. The molecule has 0 saturated carbocycles. The molecule has 1 aliphatic heterocycles. The predicted molar refractivity (Wildman–Crippen MR) is 109 cm³/mol. The van der Waals surface area contributed by atoms with Gasteiger partial charge in [-0.15, -0.1) is 0 Å². The zero-order valence-corrected chi connectivity index (χ0v) is 16.3. The average molecular weight is 382 g/mol. The Balaban J connectivity index is 1.69. The zero-order valence-electron chi connectivity index (χ0n) is 16.3. The number of ether oxygens (including phenoxy) is 2. The third kappa shape index (κ3) is 4.82. The van der Waals surface area contributed by atoms with Crippen molar-refractivity contribution in [2.75, 3.05) is 23.4 Å². The van der Waals surface area contributed by atoms with Crippen LogP contribution in [0.1, 0.15) is 33.1 Å². The summed E-state index contributed by atoms with van der Waals surface area (Å²) in [5.41, 5.74) is 1.35. The summed E-state index contributed by atoms with van der Waals surface area (Å²) in [5.74, 6) is 1.22. The van der Waals surface area contributed by atoms with E-state index in [2.05, 4.69) is 12.2 Å². The number of unbranched alkanes of at least 4 members (excludes halogenated alkanes) is 1. The molecule has 2 aromatic rings. The van der Waals surface area contributed by atoms with Gasteiger partial charge in [-0.1, -0.05) is 31.5 Å². The highest BCUT2D eigenvalue weighted by Crippen LogP contribution is 2.36. The summed E-state index contributed by atoms with van der Waals surface area (Å²) >= 11 is 0. The van der Waals surface area contributed by atoms with E-state index in [0.717, 1.165) is 18.6 Å². The highest BCUT2D eigenvalue weighted by Gasteiger charge is 2.31. The van der Waals surface area contributed by atoms with Crippen molar-refractivity contribution in [3.63, 3.8) is 0 Å². The Labute approximate surface area is 165 Å². The van der Waals surface area contributed by atoms with Crippen molar-refractivity contribution in [2.45, 2.75) is 39.2 Å². The lowest BCUT2D eigenvalue weighted by Gasteiger charge is -2.33. The van der Waals surface area contributed by atoms with Gasteiger partial charge in [0, 0.05) is 18.2 Å². The van der Waals surface area contributed by atoms with E-state index in [9.17, 15) is 9.59 Å². The number of amides is 2. The monoisotopic (exact) mass is 382 g/mol. The second kappa shape index (κ2) is 9.26. The molecule has 2 amide bonds. The van der Waals surface area contributed by atoms with Crippen LogP contribution in [0.5, 0.6) is 11.5 Å². The van der Waals surface area contributed by atoms with Crippen LogP contribution in [0.3, 0.4) is 0 Å². The van der Waals surface area contributed by atoms with Crippen molar-refractivity contribution in [3.05, 3.63) is 48.5 Å². The first-order valence-electron chi connectivity index (χ1n) is 9.68. The van der Waals surface area contributed by atoms with Crippen LogP contribution in [0.15, 0.2) is 48.5 Å². The molecule has 148 valence electrons. The topological polar surface area (TPSA) is 67.9 Å². The lowest BCUT2D eigenvalue weighted by atomic mass is 10.1. The Hall–Kier alpha value is -3.02. The average Bonchev–Trinajstić information content (AvgIpc) is 2.70. The Morgan fingerprint density at radius 1 is 1.21 bits per heavy atom. The van der Waals surface area contributed by atoms with Crippen LogP contribution in [0.4, 0.5) is 11.4 Å². The molecule has 6 heteroatoms. The number of para-hydroxylation sites is 1. The minimum atomic E-state index is -0.588. The van der Waals surface area contributed by atoms with Gasteiger partial charge in [-0.25, -0.2) is 0 Å². The Morgan fingerprint density at radius 3 is 2.75 bits per heavy atom. The summed E-state index contributed by atoms with van der Waals surface area (Å²) < 4.78 is 11.5. The molecule has 0 aliphatic carbocycles. The maximum Gasteiger partial charge on any atom is 0.267 e. The largest absolute Gasteiger partial charge is 0.492 e. The van der Waals surface area contributed by atoms with E-state index in [-0.39, 0.29) is 11.8 Å². The van der Waals surface area contributed by atoms with Gasteiger partial charge in [-0.05, 0) is 37.6 Å². The Bertz CT molecular complexity index is 823. The summed E-state index contributed by atoms with van der Waals surface area (Å²) in [6, 6.07) is 14.9. The van der Waals surface area contributed by atoms with Crippen molar-refractivity contribution in [3.8, 4) is 11.5 Å². The molecule has 0 saturated heterocycles. The number of anilines is 2. The quantitative estimate of drug-likeness (QED) is 0.749. The van der Waals surface area contributed by atoms with Crippen molar-refractivity contribution in [1.82, 2.24) is 0 Å². The van der Waals surface area contributed by atoms with Gasteiger partial charge in [0.1, 0.15) is 18.1 Å². The van der Waals surface area contributed by atoms with E-state index in [1.165, 1.54) is 0 Å². The molecule has 1 N–H and O–H groups in total. The van der Waals surface area contributed by atoms with Gasteiger partial charge in [0.2, 0.25) is 5.91 Å². The highest BCUT2D eigenvalue weighted by atomic mass is 16.5. The van der Waals surface area contributed by atoms with Crippen LogP contribution in [-0.2, 0) is 9.59 Å². The van der Waals surface area contributed by atoms with Crippen molar-refractivity contribution >= 4 is 23.2 Å². The fraction of sp³-hybridized carbons (Fsp3) is 0.364. The van der Waals surface area contributed by atoms with Gasteiger partial charge in [-0.3, -0.25) is 9.59 Å². The first-order valence-corrected chi connectivity index (χ1v) is 9.68. The number of carbonyl (C=O) groups is 2. The number of fused-ring (bicyclic) bond motifs is 1. The number of nitrogens with zero attached hydrogens (tertiary/aromatic N) is 1. The molecule has 3 rings (SSSR count). The van der Waals surface area contributed by atoms with Gasteiger partial charge in [-0.2, -0.15) is 0 Å². The summed E-state index contributed by atoms with van der Waals surface area (Å²) in [6.07, 6.45) is 1.73. The third-order valence-electron chi connectivity index (χ3n) is 4.54. The van der Waals surface area contributed by atoms with Crippen LogP contribution in [0.2, 0.25) is 0 Å². The van der Waals surface area contributed by atoms with Crippen molar-refractivity contribution in [2.24, 2.45) is 0 Å². The second-order valence-corrected chi connectivity index (χ2v) is 6.75. The van der Waals surface area contributed by atoms with E-state index in [0.29, 0.717) is 36.7 Å². The Morgan fingerprint density at radius 2 is 2.00 bits per heavy atom. The highest BCUT2D eigenvalue weighted by molar-refractivity contribution is 6.00. The first kappa shape index (κ1) is 19.7. The molecule has 0 fully saturated rings. The van der Waals surface area contributed by atoms with Crippen LogP contribution >= 0.6 is 0 Å². The molecule has 1 unspecified atom stereocenters. The number of benzene rings is 2. The lowest BCUT2D eigenvalue weighted by Crippen LogP contribution is -2.46. The van der Waals surface area contributed by atoms with Gasteiger partial charge in [0.05, 0.1) is 12.2 Å². The summed E-state index contributed by atoms with van der Waals surface area (Å²) in [5, 5.41) is 2.89. The fourth-order valence-corrected chi connectivity index (χ4v) is 3.05. The summed E-state index contributed by atoms with van der Waals surface area (Å²) in [7, 11) is 0. The molecular formula is C22H26N2O4. The second-order valence-electron chi connectivity index (χ2n) is 6.75. The molecule has 0 spiro atoms. The van der Waals surface area contributed by atoms with Crippen LogP contribution in [0.25, 0.3) is 0 Å². The predicted octanol–water partition coefficient (Wildman–Crippen LogP) is 4.01. The van der Waals surface area contributed by atoms with E-state index < -0.39 is 6.10 Å². The smallest absolute Gasteiger partial charge is 0.267 e. The molecule has 0 aromatic heterocycles. The van der Waals surface area contributed by atoms with Gasteiger partial charge in [0.25, 0.3) is 5.91 Å². The molecule has 1 heterocycles. The molecular weight excluding hydrogens is 356 g/mol. The third-order valence-corrected chi connectivity index (χ3v) is 4.54. The molecule has 0 bridgehead atoms. The van der Waals surface area contributed by atoms with E-state index in [1.54, 1.807) is 30.0 Å². The Kier molecular flexibility index (Phi) is 6.53. The van der Waals surface area contributed by atoms with Crippen molar-refractivity contribution < 1.29 is 19.1 Å². The molecule has 1 atom stereocenters. The van der Waals surface area contributed by atoms with Gasteiger partial charge >= 0.3 is 0 Å². The first-order chi connectivity index (χ1) is 13.6. The van der Waals surface area contributed by atoms with E-state index in [1.807, 2.05) is 30.3 Å². The fourth-order valence-electron chi connectivity index (χ4n) is 3.05.